The summed E-state index contributed by atoms with van der Waals surface area (Å²) in [5.74, 6) is 0. The molecule has 2 aromatic heterocycles. The maximum atomic E-state index is 12.8. The monoisotopic (exact) mass is 392 g/mol. The molecule has 0 saturated carbocycles. The van der Waals surface area contributed by atoms with E-state index in [1.807, 2.05) is 55.5 Å². The number of hydrogen-bond donors (Lipinski definition) is 0. The van der Waals surface area contributed by atoms with Crippen LogP contribution >= 0.6 is 0 Å². The van der Waals surface area contributed by atoms with Gasteiger partial charge < -0.3 is 0 Å². The molecule has 5 aromatic rings. The summed E-state index contributed by atoms with van der Waals surface area (Å²) in [6.45, 7) is 4.12. The third-order valence-electron chi connectivity index (χ3n) is 5.31. The third kappa shape index (κ3) is 3.01. The summed E-state index contributed by atoms with van der Waals surface area (Å²) in [7, 11) is 0. The number of aryl methyl sites for hydroxylation is 2. The number of fused-ring (bicyclic) bond motifs is 1. The number of nitrogens with zero attached hydrogens (tertiary/aromatic N) is 4. The van der Waals surface area contributed by atoms with Gasteiger partial charge in [0.15, 0.2) is 5.69 Å². The van der Waals surface area contributed by atoms with Gasteiger partial charge in [-0.05, 0) is 54.6 Å². The topological polar surface area (TPSA) is 52.7 Å². The highest BCUT2D eigenvalue weighted by Crippen LogP contribution is 2.27. The lowest BCUT2D eigenvalue weighted by Crippen LogP contribution is -2.15. The molecule has 146 valence electrons. The molecule has 2 heterocycles. The van der Waals surface area contributed by atoms with Crippen molar-refractivity contribution in [2.75, 3.05) is 0 Å². The minimum Gasteiger partial charge on any atom is -0.287 e. The second-order valence-corrected chi connectivity index (χ2v) is 7.39. The molecule has 0 atom stereocenters. The highest BCUT2D eigenvalue weighted by molar-refractivity contribution is 5.93. The van der Waals surface area contributed by atoms with Gasteiger partial charge >= 0.3 is 0 Å². The van der Waals surface area contributed by atoms with Gasteiger partial charge in [0.25, 0.3) is 0 Å². The van der Waals surface area contributed by atoms with Crippen LogP contribution in [0.15, 0.2) is 90.0 Å². The molecule has 3 aromatic carbocycles. The lowest BCUT2D eigenvalue weighted by Gasteiger charge is -2.13. The van der Waals surface area contributed by atoms with Crippen molar-refractivity contribution in [3.05, 3.63) is 107 Å². The first-order chi connectivity index (χ1) is 14.6. The Balaban J connectivity index is 1.71. The van der Waals surface area contributed by atoms with Gasteiger partial charge in [-0.1, -0.05) is 42.5 Å². The first kappa shape index (κ1) is 18.1. The Kier molecular flexibility index (Phi) is 4.29. The van der Waals surface area contributed by atoms with Crippen LogP contribution in [0, 0.1) is 13.8 Å². The van der Waals surface area contributed by atoms with Crippen molar-refractivity contribution in [2.45, 2.75) is 13.8 Å². The zero-order chi connectivity index (χ0) is 20.7. The second-order valence-electron chi connectivity index (χ2n) is 7.39. The molecule has 0 amide bonds. The summed E-state index contributed by atoms with van der Waals surface area (Å²) >= 11 is 0. The lowest BCUT2D eigenvalue weighted by atomic mass is 10.0. The fraction of sp³-hybridized carbons (Fsp3) is 0.0800. The van der Waals surface area contributed by atoms with Crippen LogP contribution in [-0.2, 0) is 0 Å². The molecule has 30 heavy (non-hydrogen) atoms. The standard InChI is InChI=1S/C25H20N4O/c1-17-6-5-7-19(16-17)28-15-13-24(30)25(27-28)23-12-14-26-29(23)22-11-10-18(2)20-8-3-4-9-21(20)22/h3-16H,1-2H3. The van der Waals surface area contributed by atoms with Crippen molar-refractivity contribution in [3.63, 3.8) is 0 Å². The van der Waals surface area contributed by atoms with E-state index in [0.717, 1.165) is 27.7 Å². The van der Waals surface area contributed by atoms with E-state index in [2.05, 4.69) is 35.3 Å². The van der Waals surface area contributed by atoms with Crippen molar-refractivity contribution in [3.8, 4) is 22.8 Å². The third-order valence-corrected chi connectivity index (χ3v) is 5.31. The normalized spacial score (nSPS) is 11.1. The molecule has 0 radical (unpaired) electrons. The predicted octanol–water partition coefficient (Wildman–Crippen LogP) is 4.86. The number of aromatic nitrogens is 4. The van der Waals surface area contributed by atoms with E-state index in [0.29, 0.717) is 11.4 Å². The molecule has 0 aliphatic rings. The largest absolute Gasteiger partial charge is 0.287 e. The maximum Gasteiger partial charge on any atom is 0.209 e. The molecule has 0 spiro atoms. The summed E-state index contributed by atoms with van der Waals surface area (Å²) < 4.78 is 3.53. The minimum atomic E-state index is -0.142. The van der Waals surface area contributed by atoms with E-state index in [4.69, 9.17) is 0 Å². The Morgan fingerprint density at radius 2 is 1.67 bits per heavy atom. The second kappa shape index (κ2) is 7.12. The van der Waals surface area contributed by atoms with Crippen molar-refractivity contribution in [2.24, 2.45) is 0 Å². The van der Waals surface area contributed by atoms with Gasteiger partial charge in [-0.3, -0.25) is 4.79 Å². The highest BCUT2D eigenvalue weighted by Gasteiger charge is 2.15. The number of rotatable bonds is 3. The molecule has 0 aliphatic carbocycles. The van der Waals surface area contributed by atoms with Crippen LogP contribution in [0.5, 0.6) is 0 Å². The molecular formula is C25H20N4O. The average molecular weight is 392 g/mol. The zero-order valence-electron chi connectivity index (χ0n) is 16.8. The summed E-state index contributed by atoms with van der Waals surface area (Å²) in [4.78, 5) is 12.8. The summed E-state index contributed by atoms with van der Waals surface area (Å²) in [5, 5.41) is 11.4. The Labute approximate surface area is 173 Å². The van der Waals surface area contributed by atoms with Crippen LogP contribution in [0.2, 0.25) is 0 Å². The van der Waals surface area contributed by atoms with Crippen molar-refractivity contribution in [1.29, 1.82) is 0 Å². The van der Waals surface area contributed by atoms with Gasteiger partial charge in [-0.15, -0.1) is 0 Å². The molecule has 5 heteroatoms. The smallest absolute Gasteiger partial charge is 0.209 e. The Bertz CT molecular complexity index is 1450. The summed E-state index contributed by atoms with van der Waals surface area (Å²) in [6, 6.07) is 23.7. The van der Waals surface area contributed by atoms with Gasteiger partial charge in [0, 0.05) is 17.6 Å². The lowest BCUT2D eigenvalue weighted by molar-refractivity contribution is 0.823. The molecule has 0 N–H and O–H groups in total. The van der Waals surface area contributed by atoms with E-state index >= 15 is 0 Å². The van der Waals surface area contributed by atoms with Gasteiger partial charge in [-0.2, -0.15) is 10.2 Å². The van der Waals surface area contributed by atoms with Crippen LogP contribution in [0.3, 0.4) is 0 Å². The van der Waals surface area contributed by atoms with Gasteiger partial charge in [0.05, 0.1) is 23.3 Å². The Hall–Kier alpha value is -3.99. The number of hydrogen-bond acceptors (Lipinski definition) is 3. The molecule has 0 unspecified atom stereocenters. The van der Waals surface area contributed by atoms with Crippen LogP contribution in [-0.4, -0.2) is 19.6 Å². The van der Waals surface area contributed by atoms with E-state index in [9.17, 15) is 4.79 Å². The fourth-order valence-electron chi connectivity index (χ4n) is 3.79. The minimum absolute atomic E-state index is 0.142. The zero-order valence-corrected chi connectivity index (χ0v) is 16.8. The van der Waals surface area contributed by atoms with E-state index in [1.165, 1.54) is 5.56 Å². The maximum absolute atomic E-state index is 12.8. The van der Waals surface area contributed by atoms with Gasteiger partial charge in [-0.25, -0.2) is 9.36 Å². The molecule has 0 saturated heterocycles. The Morgan fingerprint density at radius 3 is 2.50 bits per heavy atom. The van der Waals surface area contributed by atoms with Crippen molar-refractivity contribution in [1.82, 2.24) is 19.6 Å². The molecule has 0 aliphatic heterocycles. The van der Waals surface area contributed by atoms with Gasteiger partial charge in [0.1, 0.15) is 0 Å². The van der Waals surface area contributed by atoms with Crippen molar-refractivity contribution >= 4 is 10.8 Å². The quantitative estimate of drug-likeness (QED) is 0.441. The first-order valence-corrected chi connectivity index (χ1v) is 9.82. The molecule has 5 rings (SSSR count). The van der Waals surface area contributed by atoms with E-state index < -0.39 is 0 Å². The first-order valence-electron chi connectivity index (χ1n) is 9.82. The molecular weight excluding hydrogens is 372 g/mol. The fourth-order valence-corrected chi connectivity index (χ4v) is 3.79. The predicted molar refractivity (Wildman–Crippen MR) is 119 cm³/mol. The summed E-state index contributed by atoms with van der Waals surface area (Å²) in [5.41, 5.74) is 5.04. The van der Waals surface area contributed by atoms with Crippen LogP contribution in [0.25, 0.3) is 33.5 Å². The SMILES string of the molecule is Cc1cccc(-n2ccc(=O)c(-c3ccnn3-c3ccc(C)c4ccccc34)n2)c1. The van der Waals surface area contributed by atoms with Crippen LogP contribution in [0.4, 0.5) is 0 Å². The Morgan fingerprint density at radius 1 is 0.833 bits per heavy atom. The van der Waals surface area contributed by atoms with E-state index in [-0.39, 0.29) is 5.43 Å². The average Bonchev–Trinajstić information content (AvgIpc) is 3.24. The number of benzene rings is 3. The van der Waals surface area contributed by atoms with Crippen LogP contribution < -0.4 is 5.43 Å². The van der Waals surface area contributed by atoms with Crippen LogP contribution in [0.1, 0.15) is 11.1 Å². The van der Waals surface area contributed by atoms with E-state index in [1.54, 1.807) is 27.8 Å². The van der Waals surface area contributed by atoms with Crippen molar-refractivity contribution < 1.29 is 0 Å². The molecule has 0 fully saturated rings. The summed E-state index contributed by atoms with van der Waals surface area (Å²) in [6.07, 6.45) is 3.40. The molecule has 0 bridgehead atoms. The molecule has 5 nitrogen and oxygen atoms in total. The van der Waals surface area contributed by atoms with Gasteiger partial charge in [0.2, 0.25) is 5.43 Å². The highest BCUT2D eigenvalue weighted by atomic mass is 16.1.